The molecule has 3 N–H and O–H groups in total. The molecule has 0 aliphatic heterocycles. The van der Waals surface area contributed by atoms with Crippen LogP contribution in [0.1, 0.15) is 48.5 Å². The summed E-state index contributed by atoms with van der Waals surface area (Å²) in [7, 11) is 0. The third-order valence-electron chi connectivity index (χ3n) is 3.77. The molecule has 7 heteroatoms. The van der Waals surface area contributed by atoms with E-state index in [-0.39, 0.29) is 24.1 Å². The number of para-hydroxylation sites is 1. The van der Waals surface area contributed by atoms with E-state index in [0.717, 1.165) is 4.88 Å². The Hall–Kier alpha value is -2.67. The van der Waals surface area contributed by atoms with Crippen LogP contribution in [-0.4, -0.2) is 24.3 Å². The van der Waals surface area contributed by atoms with Crippen LogP contribution < -0.4 is 16.0 Å². The zero-order chi connectivity index (χ0) is 19.8. The van der Waals surface area contributed by atoms with E-state index in [2.05, 4.69) is 16.0 Å². The second kappa shape index (κ2) is 9.87. The first-order valence-electron chi connectivity index (χ1n) is 8.84. The molecule has 2 rings (SSSR count). The van der Waals surface area contributed by atoms with Gasteiger partial charge in [-0.15, -0.1) is 11.3 Å². The maximum Gasteiger partial charge on any atom is 0.253 e. The molecule has 0 saturated carbocycles. The number of rotatable bonds is 8. The first-order valence-corrected chi connectivity index (χ1v) is 9.72. The molecule has 0 fully saturated rings. The summed E-state index contributed by atoms with van der Waals surface area (Å²) in [5.74, 6) is -0.364. The fourth-order valence-electron chi connectivity index (χ4n) is 2.53. The lowest BCUT2D eigenvalue weighted by Gasteiger charge is -2.17. The Morgan fingerprint density at radius 2 is 1.81 bits per heavy atom. The fourth-order valence-corrected chi connectivity index (χ4v) is 3.30. The number of benzene rings is 1. The van der Waals surface area contributed by atoms with Gasteiger partial charge < -0.3 is 16.0 Å². The van der Waals surface area contributed by atoms with Crippen molar-refractivity contribution in [3.05, 3.63) is 52.2 Å². The maximum atomic E-state index is 12.6. The molecule has 1 heterocycles. The van der Waals surface area contributed by atoms with E-state index in [1.54, 1.807) is 24.3 Å². The van der Waals surface area contributed by atoms with E-state index in [0.29, 0.717) is 23.7 Å². The van der Waals surface area contributed by atoms with E-state index in [4.69, 9.17) is 0 Å². The number of carbonyl (C=O) groups excluding carboxylic acids is 3. The molecule has 0 spiro atoms. The second-order valence-electron chi connectivity index (χ2n) is 6.67. The van der Waals surface area contributed by atoms with Crippen LogP contribution in [0.15, 0.2) is 41.8 Å². The number of carbonyl (C=O) groups is 3. The van der Waals surface area contributed by atoms with Gasteiger partial charge in [0, 0.05) is 18.3 Å². The summed E-state index contributed by atoms with van der Waals surface area (Å²) in [6, 6.07) is 10.2. The Balaban J connectivity index is 2.08. The van der Waals surface area contributed by atoms with Crippen molar-refractivity contribution in [1.29, 1.82) is 0 Å². The highest BCUT2D eigenvalue weighted by Crippen LogP contribution is 2.23. The predicted molar refractivity (Wildman–Crippen MR) is 108 cm³/mol. The number of nitrogens with one attached hydrogen (secondary N) is 3. The van der Waals surface area contributed by atoms with Crippen molar-refractivity contribution >= 4 is 34.7 Å². The Morgan fingerprint density at radius 1 is 1.07 bits per heavy atom. The molecular weight excluding hydrogens is 362 g/mol. The quantitative estimate of drug-likeness (QED) is 0.649. The van der Waals surface area contributed by atoms with Crippen molar-refractivity contribution in [2.45, 2.75) is 33.2 Å². The Kier molecular flexibility index (Phi) is 7.55. The number of thiophene rings is 1. The molecule has 1 atom stereocenters. The Labute approximate surface area is 163 Å². The van der Waals surface area contributed by atoms with Crippen molar-refractivity contribution < 1.29 is 14.4 Å². The van der Waals surface area contributed by atoms with E-state index in [1.165, 1.54) is 18.3 Å². The normalized spacial score (nSPS) is 11.7. The van der Waals surface area contributed by atoms with Gasteiger partial charge in [-0.05, 0) is 29.5 Å². The lowest BCUT2D eigenvalue weighted by Crippen LogP contribution is -2.30. The maximum absolute atomic E-state index is 12.6. The molecule has 0 aliphatic carbocycles. The number of anilines is 1. The summed E-state index contributed by atoms with van der Waals surface area (Å²) in [5.41, 5.74) is 0.871. The average molecular weight is 388 g/mol. The molecule has 0 aliphatic rings. The smallest absolute Gasteiger partial charge is 0.253 e. The largest absolute Gasteiger partial charge is 0.352 e. The van der Waals surface area contributed by atoms with E-state index in [9.17, 15) is 14.4 Å². The molecule has 0 saturated heterocycles. The van der Waals surface area contributed by atoms with E-state index < -0.39 is 6.04 Å². The molecule has 6 nitrogen and oxygen atoms in total. The molecule has 1 aromatic heterocycles. The van der Waals surface area contributed by atoms with Crippen LogP contribution in [-0.2, 0) is 9.59 Å². The van der Waals surface area contributed by atoms with Crippen LogP contribution in [0.4, 0.5) is 5.69 Å². The number of hydrogen-bond donors (Lipinski definition) is 3. The molecule has 144 valence electrons. The first kappa shape index (κ1) is 20.6. The zero-order valence-corrected chi connectivity index (χ0v) is 16.6. The minimum Gasteiger partial charge on any atom is -0.352 e. The van der Waals surface area contributed by atoms with Gasteiger partial charge >= 0.3 is 0 Å². The van der Waals surface area contributed by atoms with E-state index >= 15 is 0 Å². The molecule has 1 unspecified atom stereocenters. The molecule has 1 aromatic carbocycles. The van der Waals surface area contributed by atoms with Crippen molar-refractivity contribution in [2.24, 2.45) is 5.92 Å². The Bertz CT molecular complexity index is 788. The number of amides is 3. The summed E-state index contributed by atoms with van der Waals surface area (Å²) in [4.78, 5) is 37.3. The van der Waals surface area contributed by atoms with Crippen LogP contribution in [0.2, 0.25) is 0 Å². The van der Waals surface area contributed by atoms with Gasteiger partial charge in [-0.1, -0.05) is 32.0 Å². The van der Waals surface area contributed by atoms with Crippen LogP contribution in [0, 0.1) is 5.92 Å². The van der Waals surface area contributed by atoms with Crippen LogP contribution in [0.25, 0.3) is 0 Å². The first-order chi connectivity index (χ1) is 12.9. The summed E-state index contributed by atoms with van der Waals surface area (Å²) < 4.78 is 0. The summed E-state index contributed by atoms with van der Waals surface area (Å²) in [6.07, 6.45) is 0.0854. The lowest BCUT2D eigenvalue weighted by molar-refractivity contribution is -0.120. The SMILES string of the molecule is CC(=O)NC(CC(=O)Nc1ccccc1C(=O)NCC(C)C)c1cccs1. The minimum absolute atomic E-state index is 0.0854. The monoisotopic (exact) mass is 387 g/mol. The minimum atomic E-state index is -0.399. The van der Waals surface area contributed by atoms with Crippen LogP contribution >= 0.6 is 11.3 Å². The molecule has 0 radical (unpaired) electrons. The van der Waals surface area contributed by atoms with E-state index in [1.807, 2.05) is 31.4 Å². The topological polar surface area (TPSA) is 87.3 Å². The van der Waals surface area contributed by atoms with Crippen molar-refractivity contribution in [3.63, 3.8) is 0 Å². The highest BCUT2D eigenvalue weighted by atomic mass is 32.1. The summed E-state index contributed by atoms with van der Waals surface area (Å²) >= 11 is 1.48. The van der Waals surface area contributed by atoms with Gasteiger partial charge in [0.25, 0.3) is 5.91 Å². The lowest BCUT2D eigenvalue weighted by atomic mass is 10.1. The van der Waals surface area contributed by atoms with Gasteiger partial charge in [-0.25, -0.2) is 0 Å². The highest BCUT2D eigenvalue weighted by molar-refractivity contribution is 7.10. The van der Waals surface area contributed by atoms with Crippen molar-refractivity contribution in [3.8, 4) is 0 Å². The van der Waals surface area contributed by atoms with Crippen molar-refractivity contribution in [1.82, 2.24) is 10.6 Å². The van der Waals surface area contributed by atoms with Crippen LogP contribution in [0.3, 0.4) is 0 Å². The predicted octanol–water partition coefficient (Wildman–Crippen LogP) is 3.34. The van der Waals surface area contributed by atoms with Crippen molar-refractivity contribution in [2.75, 3.05) is 11.9 Å². The fraction of sp³-hybridized carbons (Fsp3) is 0.350. The second-order valence-corrected chi connectivity index (χ2v) is 7.65. The van der Waals surface area contributed by atoms with Gasteiger partial charge in [-0.3, -0.25) is 14.4 Å². The Morgan fingerprint density at radius 3 is 2.44 bits per heavy atom. The standard InChI is InChI=1S/C20H25N3O3S/c1-13(2)12-21-20(26)15-7-4-5-8-16(15)23-19(25)11-17(22-14(3)24)18-9-6-10-27-18/h4-10,13,17H,11-12H2,1-3H3,(H,21,26)(H,22,24)(H,23,25). The molecule has 0 bridgehead atoms. The van der Waals surface area contributed by atoms with Gasteiger partial charge in [-0.2, -0.15) is 0 Å². The molecule has 3 amide bonds. The zero-order valence-electron chi connectivity index (χ0n) is 15.7. The average Bonchev–Trinajstić information content (AvgIpc) is 3.13. The summed E-state index contributed by atoms with van der Waals surface area (Å²) in [6.45, 7) is 6.01. The van der Waals surface area contributed by atoms with Gasteiger partial charge in [0.15, 0.2) is 0 Å². The van der Waals surface area contributed by atoms with Gasteiger partial charge in [0.2, 0.25) is 11.8 Å². The molecule has 2 aromatic rings. The third kappa shape index (κ3) is 6.53. The molecule has 27 heavy (non-hydrogen) atoms. The highest BCUT2D eigenvalue weighted by Gasteiger charge is 2.19. The third-order valence-corrected chi connectivity index (χ3v) is 4.76. The summed E-state index contributed by atoms with van der Waals surface area (Å²) in [5, 5.41) is 10.4. The van der Waals surface area contributed by atoms with Gasteiger partial charge in [0.1, 0.15) is 0 Å². The van der Waals surface area contributed by atoms with Crippen LogP contribution in [0.5, 0.6) is 0 Å². The number of hydrogen-bond acceptors (Lipinski definition) is 4. The molecular formula is C20H25N3O3S. The van der Waals surface area contributed by atoms with Gasteiger partial charge in [0.05, 0.1) is 23.7 Å².